The molecule has 5 rings (SSSR count). The van der Waals surface area contributed by atoms with Crippen LogP contribution in [0, 0.1) is 24.6 Å². The molecule has 0 atom stereocenters. The average molecular weight is 933 g/mol. The number of fused-ring (bicyclic) bond motifs is 1. The molecule has 0 aliphatic heterocycles. The molecule has 0 aliphatic carbocycles. The third-order valence-electron chi connectivity index (χ3n) is 9.58. The molecule has 0 spiro atoms. The number of amides is 1. The molecule has 0 unspecified atom stereocenters. The zero-order chi connectivity index (χ0) is 46.6. The molecule has 0 fully saturated rings. The molecule has 2 aromatic carbocycles. The number of carboxylic acid groups (broad SMARTS) is 1. The molecule has 344 valence electrons. The molecule has 1 amide bonds. The number of anilines is 2. The monoisotopic (exact) mass is 932 g/mol. The van der Waals surface area contributed by atoms with E-state index in [9.17, 15) is 14.7 Å². The van der Waals surface area contributed by atoms with Gasteiger partial charge in [-0.3, -0.25) is 4.57 Å². The summed E-state index contributed by atoms with van der Waals surface area (Å²) in [5, 5.41) is 20.0. The van der Waals surface area contributed by atoms with Crippen LogP contribution in [-0.4, -0.2) is 114 Å². The lowest BCUT2D eigenvalue weighted by atomic mass is 10.2. The summed E-state index contributed by atoms with van der Waals surface area (Å²) in [7, 11) is 4.38. The van der Waals surface area contributed by atoms with Crippen molar-refractivity contribution >= 4 is 69.8 Å². The van der Waals surface area contributed by atoms with Crippen LogP contribution >= 0.6 is 22.7 Å². The maximum absolute atomic E-state index is 15.0. The molecule has 0 saturated heterocycles. The molecule has 64 heavy (non-hydrogen) atoms. The van der Waals surface area contributed by atoms with E-state index in [0.717, 1.165) is 46.0 Å². The first-order valence-corrected chi connectivity index (χ1v) is 26.7. The topological polar surface area (TPSA) is 148 Å². The zero-order valence-electron chi connectivity index (χ0n) is 38.7. The number of rotatable bonds is 20. The Morgan fingerprint density at radius 3 is 2.42 bits per heavy atom. The molecule has 0 saturated carbocycles. The van der Waals surface area contributed by atoms with Crippen LogP contribution in [0.5, 0.6) is 5.75 Å². The summed E-state index contributed by atoms with van der Waals surface area (Å²) in [5.74, 6) is 5.09. The number of ether oxygens (including phenoxy) is 3. The van der Waals surface area contributed by atoms with Crippen molar-refractivity contribution in [3.8, 4) is 17.6 Å². The Bertz CT molecular complexity index is 2520. The van der Waals surface area contributed by atoms with E-state index in [2.05, 4.69) is 68.3 Å². The minimum Gasteiger partial charge on any atom is -0.491 e. The van der Waals surface area contributed by atoms with Crippen molar-refractivity contribution in [2.75, 3.05) is 58.9 Å². The predicted octanol–water partition coefficient (Wildman–Crippen LogP) is 9.35. The predicted molar refractivity (Wildman–Crippen MR) is 256 cm³/mol. The number of thiazole rings is 2. The third-order valence-corrected chi connectivity index (χ3v) is 13.5. The molecule has 0 aliphatic rings. The Balaban J connectivity index is 1.30. The number of nitrogens with zero attached hydrogens (tertiary/aromatic N) is 8. The number of carbonyl (C=O) groups is 2. The standard InChI is InChI=1S/C46H61FN8O6S2Si/c1-32-29-39(50-51-41(32)49-44-55(31-59-27-28-64(8,9)10)35-18-11-12-19-37(35)62-44)54(25-14-13-23-52(5)6)43-48-40(42(56)57)38(63-43)20-16-26-60-36-22-21-33(30-34(36)47)17-15-24-53(7)45(58)61-46(2,3)4/h11-12,18-19,21-22,29-30H,13-14,16,20,23-28,31H2,1-10H3,(H,56,57)/b49-44-. The van der Waals surface area contributed by atoms with Gasteiger partial charge in [-0.1, -0.05) is 55.0 Å². The Hall–Kier alpha value is -5.19. The van der Waals surface area contributed by atoms with Crippen LogP contribution in [0.15, 0.2) is 53.5 Å². The lowest BCUT2D eigenvalue weighted by Crippen LogP contribution is -2.34. The number of aryl methyl sites for hydroxylation is 2. The molecule has 14 nitrogen and oxygen atoms in total. The lowest BCUT2D eigenvalue weighted by molar-refractivity contribution is 0.0320. The van der Waals surface area contributed by atoms with Gasteiger partial charge in [0.1, 0.15) is 12.3 Å². The molecule has 0 bridgehead atoms. The summed E-state index contributed by atoms with van der Waals surface area (Å²) in [6.07, 6.45) is 1.98. The van der Waals surface area contributed by atoms with Crippen LogP contribution in [0.1, 0.15) is 66.5 Å². The van der Waals surface area contributed by atoms with Crippen LogP contribution in [-0.2, 0) is 22.6 Å². The molecular weight excluding hydrogens is 872 g/mol. The van der Waals surface area contributed by atoms with E-state index in [1.54, 1.807) is 45.2 Å². The first-order chi connectivity index (χ1) is 30.3. The maximum atomic E-state index is 15.0. The van der Waals surface area contributed by atoms with Crippen molar-refractivity contribution in [1.82, 2.24) is 29.5 Å². The normalized spacial score (nSPS) is 12.1. The van der Waals surface area contributed by atoms with Crippen molar-refractivity contribution in [1.29, 1.82) is 0 Å². The summed E-state index contributed by atoms with van der Waals surface area (Å²) in [6, 6.07) is 15.6. The number of hydrogen-bond donors (Lipinski definition) is 1. The summed E-state index contributed by atoms with van der Waals surface area (Å²) in [4.78, 5) is 41.0. The number of hydrogen-bond acceptors (Lipinski definition) is 13. The number of halogens is 1. The van der Waals surface area contributed by atoms with Crippen LogP contribution in [0.2, 0.25) is 25.7 Å². The van der Waals surface area contributed by atoms with Gasteiger partial charge in [-0.25, -0.2) is 19.0 Å². The van der Waals surface area contributed by atoms with Crippen LogP contribution in [0.25, 0.3) is 10.2 Å². The number of aromatic nitrogens is 4. The Morgan fingerprint density at radius 2 is 1.73 bits per heavy atom. The first-order valence-electron chi connectivity index (χ1n) is 21.3. The number of para-hydroxylation sites is 1. The van der Waals surface area contributed by atoms with E-state index in [4.69, 9.17) is 19.2 Å². The van der Waals surface area contributed by atoms with Crippen molar-refractivity contribution in [3.05, 3.63) is 80.8 Å². The minimum absolute atomic E-state index is 0.0395. The van der Waals surface area contributed by atoms with Crippen LogP contribution in [0.3, 0.4) is 0 Å². The highest BCUT2D eigenvalue weighted by Gasteiger charge is 2.24. The smallest absolute Gasteiger partial charge is 0.410 e. The molecule has 5 aromatic rings. The van der Waals surface area contributed by atoms with Gasteiger partial charge in [0.15, 0.2) is 38.8 Å². The zero-order valence-corrected chi connectivity index (χ0v) is 41.3. The summed E-state index contributed by atoms with van der Waals surface area (Å²) >= 11 is 2.86. The fraction of sp³-hybridized carbons (Fsp3) is 0.478. The summed E-state index contributed by atoms with van der Waals surface area (Å²) in [6.45, 7) is 17.0. The molecule has 3 aromatic heterocycles. The van der Waals surface area contributed by atoms with E-state index in [1.165, 1.54) is 28.4 Å². The van der Waals surface area contributed by atoms with E-state index in [1.807, 2.05) is 44.1 Å². The average Bonchev–Trinajstić information content (AvgIpc) is 3.79. The van der Waals surface area contributed by atoms with Gasteiger partial charge < -0.3 is 34.0 Å². The largest absolute Gasteiger partial charge is 0.491 e. The second-order valence-corrected chi connectivity index (χ2v) is 25.6. The van der Waals surface area contributed by atoms with Gasteiger partial charge in [0.05, 0.1) is 23.4 Å². The molecule has 0 radical (unpaired) electrons. The maximum Gasteiger partial charge on any atom is 0.410 e. The highest BCUT2D eigenvalue weighted by Crippen LogP contribution is 2.34. The Morgan fingerprint density at radius 1 is 0.984 bits per heavy atom. The van der Waals surface area contributed by atoms with E-state index >= 15 is 4.39 Å². The van der Waals surface area contributed by atoms with Crippen molar-refractivity contribution < 1.29 is 33.3 Å². The fourth-order valence-electron chi connectivity index (χ4n) is 6.14. The number of aromatic carboxylic acids is 1. The number of carboxylic acids is 1. The Kier molecular flexibility index (Phi) is 17.6. The van der Waals surface area contributed by atoms with Crippen molar-refractivity contribution in [2.45, 2.75) is 91.4 Å². The van der Waals surface area contributed by atoms with Gasteiger partial charge in [-0.05, 0) is 122 Å². The van der Waals surface area contributed by atoms with Gasteiger partial charge in [-0.15, -0.1) is 21.5 Å². The number of benzene rings is 2. The van der Waals surface area contributed by atoms with Gasteiger partial charge in [-0.2, -0.15) is 4.99 Å². The summed E-state index contributed by atoms with van der Waals surface area (Å²) < 4.78 is 35.4. The fourth-order valence-corrected chi connectivity index (χ4v) is 9.04. The highest BCUT2D eigenvalue weighted by molar-refractivity contribution is 7.16. The van der Waals surface area contributed by atoms with E-state index < -0.39 is 31.6 Å². The molecule has 18 heteroatoms. The first kappa shape index (κ1) is 49.8. The van der Waals surface area contributed by atoms with Gasteiger partial charge in [0.2, 0.25) is 0 Å². The minimum atomic E-state index is -1.25. The quantitative estimate of drug-likeness (QED) is 0.0452. The number of carbonyl (C=O) groups excluding carboxylic acids is 1. The highest BCUT2D eigenvalue weighted by atomic mass is 32.1. The van der Waals surface area contributed by atoms with Gasteiger partial charge >= 0.3 is 12.1 Å². The second-order valence-electron chi connectivity index (χ2n) is 17.9. The van der Waals surface area contributed by atoms with Crippen molar-refractivity contribution in [2.24, 2.45) is 4.99 Å². The number of unbranched alkanes of at least 4 members (excludes halogenated alkanes) is 1. The molecule has 3 heterocycles. The third kappa shape index (κ3) is 14.9. The van der Waals surface area contributed by atoms with Crippen LogP contribution < -0.4 is 14.4 Å². The van der Waals surface area contributed by atoms with Gasteiger partial charge in [0.25, 0.3) is 0 Å². The van der Waals surface area contributed by atoms with E-state index in [0.29, 0.717) is 59.9 Å². The SMILES string of the molecule is Cc1cc(N(CCCCN(C)C)c2nc(C(=O)O)c(CCCOc3ccc(C#CCN(C)C(=O)OC(C)(C)C)cc3F)s2)nnc1/N=c1\sc2ccccc2n1COCC[Si](C)(C)C. The van der Waals surface area contributed by atoms with Crippen LogP contribution in [0.4, 0.5) is 26.0 Å². The van der Waals surface area contributed by atoms with Gasteiger partial charge in [0, 0.05) is 38.7 Å². The molecule has 1 N–H and O–H groups in total. The lowest BCUT2D eigenvalue weighted by Gasteiger charge is -2.23. The van der Waals surface area contributed by atoms with E-state index in [-0.39, 0.29) is 24.6 Å². The second kappa shape index (κ2) is 22.6. The Labute approximate surface area is 384 Å². The molecular formula is C46H61FN8O6S2Si. The van der Waals surface area contributed by atoms with Crippen molar-refractivity contribution in [3.63, 3.8) is 0 Å². The summed E-state index contributed by atoms with van der Waals surface area (Å²) in [5.41, 5.74) is 1.61.